The van der Waals surface area contributed by atoms with Gasteiger partial charge in [-0.1, -0.05) is 25.1 Å². The van der Waals surface area contributed by atoms with Gasteiger partial charge in [-0.15, -0.1) is 0 Å². The molecule has 0 unspecified atom stereocenters. The Bertz CT molecular complexity index is 574. The summed E-state index contributed by atoms with van der Waals surface area (Å²) in [5.41, 5.74) is 6.97. The van der Waals surface area contributed by atoms with Gasteiger partial charge in [0, 0.05) is 17.7 Å². The molecule has 0 spiro atoms. The normalized spacial score (nSPS) is 12.2. The first-order valence-corrected chi connectivity index (χ1v) is 6.88. The van der Waals surface area contributed by atoms with Gasteiger partial charge in [0.15, 0.2) is 0 Å². The highest BCUT2D eigenvalue weighted by atomic mass is 79.9. The Morgan fingerprint density at radius 3 is 2.68 bits per heavy atom. The van der Waals surface area contributed by atoms with Gasteiger partial charge in [-0.25, -0.2) is 4.39 Å². The summed E-state index contributed by atoms with van der Waals surface area (Å²) in [6, 6.07) is 11.8. The largest absolute Gasteiger partial charge is 0.456 e. The quantitative estimate of drug-likeness (QED) is 0.877. The second-order valence-corrected chi connectivity index (χ2v) is 5.08. The molecular formula is C15H15BrFNO. The summed E-state index contributed by atoms with van der Waals surface area (Å²) >= 11 is 3.34. The Hall–Kier alpha value is -1.39. The Kier molecular flexibility index (Phi) is 4.56. The third kappa shape index (κ3) is 3.33. The van der Waals surface area contributed by atoms with Crippen LogP contribution in [0.5, 0.6) is 11.5 Å². The van der Waals surface area contributed by atoms with Gasteiger partial charge in [-0.05, 0) is 40.5 Å². The average molecular weight is 324 g/mol. The van der Waals surface area contributed by atoms with Crippen LogP contribution in [0.25, 0.3) is 0 Å². The van der Waals surface area contributed by atoms with E-state index in [1.807, 2.05) is 31.2 Å². The molecule has 2 aromatic carbocycles. The molecule has 2 nitrogen and oxygen atoms in total. The standard InChI is InChI=1S/C15H15BrFNO/c1-2-13(18)11-5-3-4-6-14(11)19-15-9-10(17)7-8-12(15)16/h3-9,13H,2,18H2,1H3/t13-/m1/s1. The summed E-state index contributed by atoms with van der Waals surface area (Å²) in [5, 5.41) is 0. The van der Waals surface area contributed by atoms with Crippen molar-refractivity contribution in [1.29, 1.82) is 0 Å². The number of benzene rings is 2. The molecule has 19 heavy (non-hydrogen) atoms. The van der Waals surface area contributed by atoms with Crippen molar-refractivity contribution in [2.24, 2.45) is 5.73 Å². The van der Waals surface area contributed by atoms with Crippen molar-refractivity contribution in [3.05, 3.63) is 58.3 Å². The summed E-state index contributed by atoms with van der Waals surface area (Å²) in [6.45, 7) is 2.01. The molecule has 0 saturated carbocycles. The summed E-state index contributed by atoms with van der Waals surface area (Å²) in [4.78, 5) is 0. The first kappa shape index (κ1) is 14.0. The molecule has 0 aliphatic heterocycles. The molecule has 0 heterocycles. The highest BCUT2D eigenvalue weighted by Gasteiger charge is 2.12. The number of nitrogens with two attached hydrogens (primary N) is 1. The first-order valence-electron chi connectivity index (χ1n) is 6.09. The van der Waals surface area contributed by atoms with Crippen LogP contribution in [-0.2, 0) is 0 Å². The molecule has 0 bridgehead atoms. The van der Waals surface area contributed by atoms with E-state index in [1.54, 1.807) is 6.07 Å². The molecule has 2 N–H and O–H groups in total. The number of rotatable bonds is 4. The summed E-state index contributed by atoms with van der Waals surface area (Å²) in [5.74, 6) is 0.759. The lowest BCUT2D eigenvalue weighted by molar-refractivity contribution is 0.461. The van der Waals surface area contributed by atoms with E-state index in [4.69, 9.17) is 10.5 Å². The van der Waals surface area contributed by atoms with Crippen LogP contribution >= 0.6 is 15.9 Å². The maximum Gasteiger partial charge on any atom is 0.144 e. The van der Waals surface area contributed by atoms with Gasteiger partial charge in [0.2, 0.25) is 0 Å². The topological polar surface area (TPSA) is 35.2 Å². The van der Waals surface area contributed by atoms with E-state index in [1.165, 1.54) is 12.1 Å². The second-order valence-electron chi connectivity index (χ2n) is 4.23. The lowest BCUT2D eigenvalue weighted by Gasteiger charge is -2.16. The van der Waals surface area contributed by atoms with Crippen LogP contribution in [0.4, 0.5) is 4.39 Å². The highest BCUT2D eigenvalue weighted by molar-refractivity contribution is 9.10. The van der Waals surface area contributed by atoms with Crippen molar-refractivity contribution in [3.8, 4) is 11.5 Å². The van der Waals surface area contributed by atoms with Gasteiger partial charge in [-0.3, -0.25) is 0 Å². The molecule has 0 aromatic heterocycles. The van der Waals surface area contributed by atoms with Crippen molar-refractivity contribution in [2.75, 3.05) is 0 Å². The van der Waals surface area contributed by atoms with E-state index in [2.05, 4.69) is 15.9 Å². The van der Waals surface area contributed by atoms with Crippen LogP contribution in [0.1, 0.15) is 24.9 Å². The molecule has 0 saturated heterocycles. The van der Waals surface area contributed by atoms with Crippen molar-refractivity contribution in [3.63, 3.8) is 0 Å². The zero-order valence-electron chi connectivity index (χ0n) is 10.6. The minimum absolute atomic E-state index is 0.0939. The molecule has 0 radical (unpaired) electrons. The monoisotopic (exact) mass is 323 g/mol. The van der Waals surface area contributed by atoms with Gasteiger partial charge in [-0.2, -0.15) is 0 Å². The zero-order valence-corrected chi connectivity index (χ0v) is 12.2. The number of halogens is 2. The molecule has 4 heteroatoms. The summed E-state index contributed by atoms with van der Waals surface area (Å²) in [7, 11) is 0. The highest BCUT2D eigenvalue weighted by Crippen LogP contribution is 2.34. The van der Waals surface area contributed by atoms with Gasteiger partial charge < -0.3 is 10.5 Å². The fourth-order valence-electron chi connectivity index (χ4n) is 1.77. The fraction of sp³-hybridized carbons (Fsp3) is 0.200. The molecule has 100 valence electrons. The Labute approximate surface area is 120 Å². The van der Waals surface area contributed by atoms with Crippen LogP contribution in [-0.4, -0.2) is 0 Å². The number of hydrogen-bond acceptors (Lipinski definition) is 2. The average Bonchev–Trinajstić information content (AvgIpc) is 2.42. The molecule has 2 rings (SSSR count). The predicted octanol–water partition coefficient (Wildman–Crippen LogP) is 4.79. The Balaban J connectivity index is 2.35. The summed E-state index contributed by atoms with van der Waals surface area (Å²) in [6.07, 6.45) is 0.810. The molecule has 0 amide bonds. The third-order valence-corrected chi connectivity index (χ3v) is 3.53. The maximum absolute atomic E-state index is 13.2. The van der Waals surface area contributed by atoms with Crippen molar-refractivity contribution in [1.82, 2.24) is 0 Å². The van der Waals surface area contributed by atoms with Crippen molar-refractivity contribution >= 4 is 15.9 Å². The fourth-order valence-corrected chi connectivity index (χ4v) is 2.10. The molecule has 2 aromatic rings. The van der Waals surface area contributed by atoms with Gasteiger partial charge in [0.05, 0.1) is 4.47 Å². The lowest BCUT2D eigenvalue weighted by atomic mass is 10.0. The Morgan fingerprint density at radius 2 is 1.95 bits per heavy atom. The van der Waals surface area contributed by atoms with Gasteiger partial charge >= 0.3 is 0 Å². The smallest absolute Gasteiger partial charge is 0.144 e. The predicted molar refractivity (Wildman–Crippen MR) is 77.8 cm³/mol. The SMILES string of the molecule is CC[C@@H](N)c1ccccc1Oc1cc(F)ccc1Br. The minimum atomic E-state index is -0.338. The minimum Gasteiger partial charge on any atom is -0.456 e. The number of ether oxygens (including phenoxy) is 1. The molecule has 0 aliphatic rings. The number of hydrogen-bond donors (Lipinski definition) is 1. The molecular weight excluding hydrogens is 309 g/mol. The Morgan fingerprint density at radius 1 is 1.21 bits per heavy atom. The third-order valence-electron chi connectivity index (χ3n) is 2.87. The van der Waals surface area contributed by atoms with Crippen LogP contribution in [0, 0.1) is 5.82 Å². The van der Waals surface area contributed by atoms with Crippen LogP contribution < -0.4 is 10.5 Å². The molecule has 0 aliphatic carbocycles. The first-order chi connectivity index (χ1) is 9.11. The second kappa shape index (κ2) is 6.17. The van der Waals surface area contributed by atoms with Crippen LogP contribution in [0.15, 0.2) is 46.9 Å². The van der Waals surface area contributed by atoms with E-state index in [-0.39, 0.29) is 11.9 Å². The van der Waals surface area contributed by atoms with E-state index in [0.717, 1.165) is 12.0 Å². The van der Waals surface area contributed by atoms with E-state index >= 15 is 0 Å². The van der Waals surface area contributed by atoms with Crippen molar-refractivity contribution in [2.45, 2.75) is 19.4 Å². The van der Waals surface area contributed by atoms with E-state index in [9.17, 15) is 4.39 Å². The van der Waals surface area contributed by atoms with E-state index in [0.29, 0.717) is 16.0 Å². The maximum atomic E-state index is 13.2. The summed E-state index contributed by atoms with van der Waals surface area (Å²) < 4.78 is 19.7. The lowest BCUT2D eigenvalue weighted by Crippen LogP contribution is -2.09. The van der Waals surface area contributed by atoms with Crippen molar-refractivity contribution < 1.29 is 9.13 Å². The van der Waals surface area contributed by atoms with E-state index < -0.39 is 0 Å². The zero-order chi connectivity index (χ0) is 13.8. The molecule has 1 atom stereocenters. The van der Waals surface area contributed by atoms with Crippen LogP contribution in [0.3, 0.4) is 0 Å². The van der Waals surface area contributed by atoms with Gasteiger partial charge in [0.1, 0.15) is 17.3 Å². The number of para-hydroxylation sites is 1. The molecule has 0 fully saturated rings. The van der Waals surface area contributed by atoms with Gasteiger partial charge in [0.25, 0.3) is 0 Å². The van der Waals surface area contributed by atoms with Crippen LogP contribution in [0.2, 0.25) is 0 Å².